The minimum Gasteiger partial charge on any atom is -0.335 e. The van der Waals surface area contributed by atoms with Gasteiger partial charge in [0.2, 0.25) is 5.91 Å². The summed E-state index contributed by atoms with van der Waals surface area (Å²) in [6.45, 7) is 6.60. The SMILES string of the molecule is CC(=O)Nc1cccc(C(=O)N2CCCC2C(C)C)c1. The largest absolute Gasteiger partial charge is 0.335 e. The Morgan fingerprint density at radius 2 is 2.10 bits per heavy atom. The van der Waals surface area contributed by atoms with E-state index in [9.17, 15) is 9.59 Å². The molecule has 20 heavy (non-hydrogen) atoms. The standard InChI is InChI=1S/C16H22N2O2/c1-11(2)15-8-5-9-18(15)16(20)13-6-4-7-14(10-13)17-12(3)19/h4,6-7,10-11,15H,5,8-9H2,1-3H3,(H,17,19). The van der Waals surface area contributed by atoms with Crippen molar-refractivity contribution in [2.24, 2.45) is 5.92 Å². The quantitative estimate of drug-likeness (QED) is 0.921. The van der Waals surface area contributed by atoms with Crippen LogP contribution in [-0.4, -0.2) is 29.3 Å². The highest BCUT2D eigenvalue weighted by atomic mass is 16.2. The number of rotatable bonds is 3. The molecule has 0 saturated carbocycles. The summed E-state index contributed by atoms with van der Waals surface area (Å²) in [6.07, 6.45) is 2.15. The van der Waals surface area contributed by atoms with Gasteiger partial charge < -0.3 is 10.2 Å². The van der Waals surface area contributed by atoms with E-state index in [-0.39, 0.29) is 11.8 Å². The molecule has 4 nitrogen and oxygen atoms in total. The second kappa shape index (κ2) is 6.07. The van der Waals surface area contributed by atoms with E-state index in [1.807, 2.05) is 11.0 Å². The molecule has 0 aromatic heterocycles. The third-order valence-corrected chi connectivity index (χ3v) is 3.76. The molecule has 0 aliphatic carbocycles. The minimum atomic E-state index is -0.129. The van der Waals surface area contributed by atoms with Gasteiger partial charge in [-0.05, 0) is 37.0 Å². The highest BCUT2D eigenvalue weighted by molar-refractivity contribution is 5.97. The lowest BCUT2D eigenvalue weighted by Gasteiger charge is -2.27. The highest BCUT2D eigenvalue weighted by Gasteiger charge is 2.31. The zero-order valence-corrected chi connectivity index (χ0v) is 12.3. The van der Waals surface area contributed by atoms with E-state index in [1.165, 1.54) is 6.92 Å². The Hall–Kier alpha value is -1.84. The highest BCUT2D eigenvalue weighted by Crippen LogP contribution is 2.26. The van der Waals surface area contributed by atoms with Crippen LogP contribution in [0.25, 0.3) is 0 Å². The predicted octanol–water partition coefficient (Wildman–Crippen LogP) is 2.91. The third kappa shape index (κ3) is 3.18. The van der Waals surface area contributed by atoms with Crippen LogP contribution >= 0.6 is 0 Å². The first kappa shape index (κ1) is 14.6. The van der Waals surface area contributed by atoms with Gasteiger partial charge in [-0.25, -0.2) is 0 Å². The molecule has 1 aromatic carbocycles. The maximum atomic E-state index is 12.6. The Morgan fingerprint density at radius 1 is 1.35 bits per heavy atom. The number of nitrogens with one attached hydrogen (secondary N) is 1. The smallest absolute Gasteiger partial charge is 0.254 e. The van der Waals surface area contributed by atoms with E-state index in [4.69, 9.17) is 0 Å². The first-order valence-corrected chi connectivity index (χ1v) is 7.17. The molecule has 0 spiro atoms. The number of anilines is 1. The van der Waals surface area contributed by atoms with E-state index >= 15 is 0 Å². The minimum absolute atomic E-state index is 0.0633. The molecule has 1 aromatic rings. The van der Waals surface area contributed by atoms with Crippen LogP contribution in [0.5, 0.6) is 0 Å². The number of hydrogen-bond acceptors (Lipinski definition) is 2. The lowest BCUT2D eigenvalue weighted by atomic mass is 10.0. The summed E-state index contributed by atoms with van der Waals surface area (Å²) in [7, 11) is 0. The maximum absolute atomic E-state index is 12.6. The zero-order valence-electron chi connectivity index (χ0n) is 12.3. The van der Waals surface area contributed by atoms with Crippen LogP contribution in [0.3, 0.4) is 0 Å². The molecule has 1 fully saturated rings. The van der Waals surface area contributed by atoms with Crippen molar-refractivity contribution in [3.63, 3.8) is 0 Å². The number of carbonyl (C=O) groups excluding carboxylic acids is 2. The number of hydrogen-bond donors (Lipinski definition) is 1. The monoisotopic (exact) mass is 274 g/mol. The average molecular weight is 274 g/mol. The molecule has 0 bridgehead atoms. The molecule has 1 heterocycles. The van der Waals surface area contributed by atoms with Crippen molar-refractivity contribution < 1.29 is 9.59 Å². The van der Waals surface area contributed by atoms with Gasteiger partial charge >= 0.3 is 0 Å². The lowest BCUT2D eigenvalue weighted by Crippen LogP contribution is -2.38. The fourth-order valence-electron chi connectivity index (χ4n) is 2.84. The summed E-state index contributed by atoms with van der Waals surface area (Å²) in [6, 6.07) is 7.48. The van der Waals surface area contributed by atoms with Crippen molar-refractivity contribution in [1.82, 2.24) is 4.90 Å². The van der Waals surface area contributed by atoms with Crippen molar-refractivity contribution in [3.8, 4) is 0 Å². The maximum Gasteiger partial charge on any atom is 0.254 e. The van der Waals surface area contributed by atoms with E-state index in [1.54, 1.807) is 18.2 Å². The van der Waals surface area contributed by atoms with Crippen LogP contribution in [0.4, 0.5) is 5.69 Å². The molecule has 1 saturated heterocycles. The van der Waals surface area contributed by atoms with Crippen molar-refractivity contribution >= 4 is 17.5 Å². The van der Waals surface area contributed by atoms with Crippen LogP contribution in [0.15, 0.2) is 24.3 Å². The molecule has 2 rings (SSSR count). The molecule has 4 heteroatoms. The lowest BCUT2D eigenvalue weighted by molar-refractivity contribution is -0.114. The van der Waals surface area contributed by atoms with E-state index in [0.717, 1.165) is 19.4 Å². The van der Waals surface area contributed by atoms with Gasteiger partial charge in [-0.1, -0.05) is 19.9 Å². The van der Waals surface area contributed by atoms with Gasteiger partial charge in [-0.2, -0.15) is 0 Å². The van der Waals surface area contributed by atoms with Crippen LogP contribution < -0.4 is 5.32 Å². The fraction of sp³-hybridized carbons (Fsp3) is 0.500. The van der Waals surface area contributed by atoms with Gasteiger partial charge in [0.15, 0.2) is 0 Å². The number of benzene rings is 1. The van der Waals surface area contributed by atoms with Crippen molar-refractivity contribution in [1.29, 1.82) is 0 Å². The van der Waals surface area contributed by atoms with Crippen molar-refractivity contribution in [3.05, 3.63) is 29.8 Å². The average Bonchev–Trinajstić information content (AvgIpc) is 2.86. The Morgan fingerprint density at radius 3 is 2.75 bits per heavy atom. The van der Waals surface area contributed by atoms with Gasteiger partial charge in [-0.3, -0.25) is 9.59 Å². The summed E-state index contributed by atoms with van der Waals surface area (Å²) in [5.41, 5.74) is 1.31. The molecule has 108 valence electrons. The molecule has 1 N–H and O–H groups in total. The summed E-state index contributed by atoms with van der Waals surface area (Å²) < 4.78 is 0. The topological polar surface area (TPSA) is 49.4 Å². The predicted molar refractivity (Wildman–Crippen MR) is 79.6 cm³/mol. The van der Waals surface area contributed by atoms with Crippen LogP contribution in [0, 0.1) is 5.92 Å². The van der Waals surface area contributed by atoms with Crippen LogP contribution in [-0.2, 0) is 4.79 Å². The summed E-state index contributed by atoms with van der Waals surface area (Å²) in [4.78, 5) is 25.7. The van der Waals surface area contributed by atoms with Crippen molar-refractivity contribution in [2.45, 2.75) is 39.7 Å². The van der Waals surface area contributed by atoms with E-state index in [0.29, 0.717) is 23.2 Å². The zero-order chi connectivity index (χ0) is 14.7. The Balaban J connectivity index is 2.18. The summed E-state index contributed by atoms with van der Waals surface area (Å²) >= 11 is 0. The molecule has 1 aliphatic rings. The van der Waals surface area contributed by atoms with E-state index in [2.05, 4.69) is 19.2 Å². The van der Waals surface area contributed by atoms with Crippen LogP contribution in [0.2, 0.25) is 0 Å². The Kier molecular flexibility index (Phi) is 4.42. The first-order valence-electron chi connectivity index (χ1n) is 7.17. The Labute approximate surface area is 120 Å². The number of likely N-dealkylation sites (tertiary alicyclic amines) is 1. The Bertz CT molecular complexity index is 511. The molecular formula is C16H22N2O2. The van der Waals surface area contributed by atoms with Gasteiger partial charge in [0.05, 0.1) is 0 Å². The van der Waals surface area contributed by atoms with Gasteiger partial charge in [0, 0.05) is 30.8 Å². The van der Waals surface area contributed by atoms with Crippen LogP contribution in [0.1, 0.15) is 44.0 Å². The molecular weight excluding hydrogens is 252 g/mol. The molecule has 0 radical (unpaired) electrons. The molecule has 2 amide bonds. The van der Waals surface area contributed by atoms with E-state index < -0.39 is 0 Å². The summed E-state index contributed by atoms with van der Waals surface area (Å²) in [5, 5.41) is 2.71. The second-order valence-corrected chi connectivity index (χ2v) is 5.71. The number of nitrogens with zero attached hydrogens (tertiary/aromatic N) is 1. The molecule has 1 unspecified atom stereocenters. The van der Waals surface area contributed by atoms with Gasteiger partial charge in [0.1, 0.15) is 0 Å². The number of amides is 2. The van der Waals surface area contributed by atoms with Gasteiger partial charge in [0.25, 0.3) is 5.91 Å². The summed E-state index contributed by atoms with van der Waals surface area (Å²) in [5.74, 6) is 0.407. The fourth-order valence-corrected chi connectivity index (χ4v) is 2.84. The number of carbonyl (C=O) groups is 2. The first-order chi connectivity index (χ1) is 9.49. The normalized spacial score (nSPS) is 18.4. The second-order valence-electron chi connectivity index (χ2n) is 5.71. The van der Waals surface area contributed by atoms with Gasteiger partial charge in [-0.15, -0.1) is 0 Å². The molecule has 1 atom stereocenters. The molecule has 1 aliphatic heterocycles. The van der Waals surface area contributed by atoms with Crippen molar-refractivity contribution in [2.75, 3.05) is 11.9 Å². The third-order valence-electron chi connectivity index (χ3n) is 3.76.